The van der Waals surface area contributed by atoms with E-state index in [0.717, 1.165) is 6.04 Å². The predicted molar refractivity (Wildman–Crippen MR) is 63.0 cm³/mol. The molecule has 0 spiro atoms. The first-order chi connectivity index (χ1) is 7.50. The fraction of sp³-hybridized carbons (Fsp3) is 0.455. The number of nitrogens with one attached hydrogen (secondary N) is 1. The second-order valence-corrected chi connectivity index (χ2v) is 5.21. The summed E-state index contributed by atoms with van der Waals surface area (Å²) in [7, 11) is -4.00. The summed E-state index contributed by atoms with van der Waals surface area (Å²) in [5.41, 5.74) is 0. The van der Waals surface area contributed by atoms with Crippen molar-refractivity contribution in [1.82, 2.24) is 5.32 Å². The lowest BCUT2D eigenvalue weighted by molar-refractivity contribution is 0.483. The van der Waals surface area contributed by atoms with E-state index in [1.54, 1.807) is 18.2 Å². The summed E-state index contributed by atoms with van der Waals surface area (Å²) in [6, 6.07) is 8.22. The number of rotatable bonds is 1. The Morgan fingerprint density at radius 3 is 2.19 bits per heavy atom. The van der Waals surface area contributed by atoms with Crippen LogP contribution in [0, 0.1) is 0 Å². The lowest BCUT2D eigenvalue weighted by Crippen LogP contribution is -2.16. The second-order valence-electron chi connectivity index (χ2n) is 3.79. The minimum atomic E-state index is -4.00. The summed E-state index contributed by atoms with van der Waals surface area (Å²) in [6.45, 7) is 3.47. The first kappa shape index (κ1) is 13.2. The molecule has 5 heteroatoms. The molecule has 2 N–H and O–H groups in total. The van der Waals surface area contributed by atoms with E-state index in [1.807, 2.05) is 0 Å². The van der Waals surface area contributed by atoms with Gasteiger partial charge in [-0.25, -0.2) is 0 Å². The van der Waals surface area contributed by atoms with Crippen LogP contribution in [-0.2, 0) is 10.1 Å². The van der Waals surface area contributed by atoms with Gasteiger partial charge >= 0.3 is 0 Å². The number of hydrogen-bond donors (Lipinski definition) is 2. The molecule has 90 valence electrons. The first-order valence-corrected chi connectivity index (χ1v) is 6.70. The van der Waals surface area contributed by atoms with E-state index in [0.29, 0.717) is 0 Å². The van der Waals surface area contributed by atoms with Gasteiger partial charge in [-0.05, 0) is 38.4 Å². The highest BCUT2D eigenvalue weighted by atomic mass is 32.2. The summed E-state index contributed by atoms with van der Waals surface area (Å²) >= 11 is 0. The van der Waals surface area contributed by atoms with Gasteiger partial charge in [0.05, 0.1) is 4.90 Å². The third kappa shape index (κ3) is 4.74. The van der Waals surface area contributed by atoms with Crippen molar-refractivity contribution in [3.05, 3.63) is 30.3 Å². The summed E-state index contributed by atoms with van der Waals surface area (Å²) in [5.74, 6) is 0. The lowest BCUT2D eigenvalue weighted by Gasteiger charge is -1.95. The predicted octanol–water partition coefficient (Wildman–Crippen LogP) is 1.69. The van der Waals surface area contributed by atoms with Crippen LogP contribution >= 0.6 is 0 Å². The molecular weight excluding hydrogens is 226 g/mol. The van der Waals surface area contributed by atoms with Crippen molar-refractivity contribution < 1.29 is 13.0 Å². The first-order valence-electron chi connectivity index (χ1n) is 5.26. The molecule has 0 saturated carbocycles. The van der Waals surface area contributed by atoms with Crippen LogP contribution in [0.3, 0.4) is 0 Å². The molecular formula is C11H17NO3S. The van der Waals surface area contributed by atoms with Gasteiger partial charge in [0.25, 0.3) is 10.1 Å². The van der Waals surface area contributed by atoms with Crippen LogP contribution in [0.2, 0.25) is 0 Å². The quantitative estimate of drug-likeness (QED) is 0.737. The number of hydrogen-bond acceptors (Lipinski definition) is 3. The molecule has 0 aliphatic carbocycles. The van der Waals surface area contributed by atoms with Crippen molar-refractivity contribution >= 4 is 10.1 Å². The van der Waals surface area contributed by atoms with Gasteiger partial charge in [0.1, 0.15) is 0 Å². The molecule has 1 unspecified atom stereocenters. The van der Waals surface area contributed by atoms with E-state index in [-0.39, 0.29) is 4.90 Å². The van der Waals surface area contributed by atoms with Crippen molar-refractivity contribution in [1.29, 1.82) is 0 Å². The molecule has 1 saturated heterocycles. The van der Waals surface area contributed by atoms with E-state index in [4.69, 9.17) is 4.55 Å². The van der Waals surface area contributed by atoms with Crippen molar-refractivity contribution in [2.45, 2.75) is 30.7 Å². The van der Waals surface area contributed by atoms with Gasteiger partial charge in [0.15, 0.2) is 0 Å². The standard InChI is InChI=1S/C6H6O3S.C5H11N/c7-10(8,9)6-4-2-1-3-5-6;1-5-3-2-4-6-5/h1-5H,(H,7,8,9);5-6H,2-4H2,1H3. The van der Waals surface area contributed by atoms with Gasteiger partial charge in [0, 0.05) is 6.04 Å². The Labute approximate surface area is 96.4 Å². The van der Waals surface area contributed by atoms with Crippen LogP contribution in [0.5, 0.6) is 0 Å². The zero-order valence-electron chi connectivity index (χ0n) is 9.26. The Morgan fingerprint density at radius 1 is 1.31 bits per heavy atom. The summed E-state index contributed by atoms with van der Waals surface area (Å²) in [6.07, 6.45) is 2.75. The van der Waals surface area contributed by atoms with Crippen molar-refractivity contribution in [3.63, 3.8) is 0 Å². The van der Waals surface area contributed by atoms with Crippen molar-refractivity contribution in [2.24, 2.45) is 0 Å². The zero-order chi connectivity index (χ0) is 12.0. The molecule has 2 rings (SSSR count). The third-order valence-electron chi connectivity index (χ3n) is 2.35. The fourth-order valence-corrected chi connectivity index (χ4v) is 1.95. The van der Waals surface area contributed by atoms with Crippen LogP contribution in [0.25, 0.3) is 0 Å². The molecule has 16 heavy (non-hydrogen) atoms. The molecule has 4 nitrogen and oxygen atoms in total. The van der Waals surface area contributed by atoms with E-state index >= 15 is 0 Å². The average Bonchev–Trinajstić information content (AvgIpc) is 2.70. The Balaban J connectivity index is 0.000000181. The third-order valence-corrected chi connectivity index (χ3v) is 3.22. The maximum Gasteiger partial charge on any atom is 0.294 e. The topological polar surface area (TPSA) is 66.4 Å². The average molecular weight is 243 g/mol. The highest BCUT2D eigenvalue weighted by Crippen LogP contribution is 2.05. The highest BCUT2D eigenvalue weighted by Gasteiger charge is 2.06. The molecule has 0 amide bonds. The maximum atomic E-state index is 10.4. The molecule has 1 aliphatic heterocycles. The lowest BCUT2D eigenvalue weighted by atomic mass is 10.3. The molecule has 1 aliphatic rings. The van der Waals surface area contributed by atoms with E-state index in [9.17, 15) is 8.42 Å². The van der Waals surface area contributed by atoms with E-state index < -0.39 is 10.1 Å². The summed E-state index contributed by atoms with van der Waals surface area (Å²) in [5, 5.41) is 3.32. The van der Waals surface area contributed by atoms with Crippen LogP contribution in [0.15, 0.2) is 35.2 Å². The molecule has 1 aromatic carbocycles. The zero-order valence-corrected chi connectivity index (χ0v) is 10.1. The minimum absolute atomic E-state index is 0.0741. The van der Waals surface area contributed by atoms with Crippen molar-refractivity contribution in [2.75, 3.05) is 6.54 Å². The maximum absolute atomic E-state index is 10.4. The monoisotopic (exact) mass is 243 g/mol. The van der Waals surface area contributed by atoms with Gasteiger partial charge in [-0.1, -0.05) is 18.2 Å². The van der Waals surface area contributed by atoms with Crippen molar-refractivity contribution in [3.8, 4) is 0 Å². The summed E-state index contributed by atoms with van der Waals surface area (Å²) in [4.78, 5) is -0.0741. The molecule has 1 aromatic rings. The second kappa shape index (κ2) is 5.98. The van der Waals surface area contributed by atoms with E-state index in [2.05, 4.69) is 12.2 Å². The Hall–Kier alpha value is -0.910. The molecule has 0 bridgehead atoms. The highest BCUT2D eigenvalue weighted by molar-refractivity contribution is 7.85. The largest absolute Gasteiger partial charge is 0.314 e. The Morgan fingerprint density at radius 2 is 1.94 bits per heavy atom. The van der Waals surface area contributed by atoms with Gasteiger partial charge in [-0.15, -0.1) is 0 Å². The van der Waals surface area contributed by atoms with Gasteiger partial charge in [-0.2, -0.15) is 8.42 Å². The minimum Gasteiger partial charge on any atom is -0.314 e. The smallest absolute Gasteiger partial charge is 0.294 e. The Kier molecular flexibility index (Phi) is 4.92. The molecule has 0 radical (unpaired) electrons. The summed E-state index contributed by atoms with van der Waals surface area (Å²) < 4.78 is 29.2. The van der Waals surface area contributed by atoms with Gasteiger partial charge in [0.2, 0.25) is 0 Å². The molecule has 0 aromatic heterocycles. The number of benzene rings is 1. The van der Waals surface area contributed by atoms with E-state index in [1.165, 1.54) is 31.5 Å². The fourth-order valence-electron chi connectivity index (χ4n) is 1.45. The molecule has 1 heterocycles. The van der Waals surface area contributed by atoms with Gasteiger partial charge < -0.3 is 5.32 Å². The van der Waals surface area contributed by atoms with Gasteiger partial charge in [-0.3, -0.25) is 4.55 Å². The SMILES string of the molecule is CC1CCCN1.O=S(=O)(O)c1ccccc1. The normalized spacial score (nSPS) is 20.0. The Bertz CT molecular complexity index is 396. The molecule has 1 fully saturated rings. The van der Waals surface area contributed by atoms with Crippen LogP contribution in [-0.4, -0.2) is 25.6 Å². The molecule has 1 atom stereocenters. The van der Waals surface area contributed by atoms with Crippen LogP contribution in [0.4, 0.5) is 0 Å². The van der Waals surface area contributed by atoms with Crippen LogP contribution in [0.1, 0.15) is 19.8 Å². The van der Waals surface area contributed by atoms with Crippen LogP contribution < -0.4 is 5.32 Å².